The summed E-state index contributed by atoms with van der Waals surface area (Å²) in [4.78, 5) is 30.2. The molecular weight excluding hydrogens is 446 g/mol. The maximum Gasteiger partial charge on any atom is 0.340 e. The van der Waals surface area contributed by atoms with Crippen molar-refractivity contribution in [2.75, 3.05) is 32.2 Å². The molecule has 0 spiro atoms. The Bertz CT molecular complexity index is 1170. The van der Waals surface area contributed by atoms with Crippen LogP contribution in [0.4, 0.5) is 11.4 Å². The zero-order chi connectivity index (χ0) is 23.4. The highest BCUT2D eigenvalue weighted by Gasteiger charge is 2.24. The van der Waals surface area contributed by atoms with Gasteiger partial charge in [0, 0.05) is 30.6 Å². The minimum atomic E-state index is -0.617. The van der Waals surface area contributed by atoms with Crippen molar-refractivity contribution in [2.24, 2.45) is 0 Å². The van der Waals surface area contributed by atoms with E-state index in [1.54, 1.807) is 31.7 Å². The Labute approximate surface area is 194 Å². The summed E-state index contributed by atoms with van der Waals surface area (Å²) in [5.41, 5.74) is 2.04. The Morgan fingerprint density at radius 1 is 1.18 bits per heavy atom. The van der Waals surface area contributed by atoms with E-state index in [1.807, 2.05) is 12.1 Å². The van der Waals surface area contributed by atoms with Crippen LogP contribution in [0.1, 0.15) is 28.9 Å². The summed E-state index contributed by atoms with van der Waals surface area (Å²) in [7, 11) is 3.13. The number of non-ortho nitro benzene ring substituents is 1. The topological polar surface area (TPSA) is 104 Å². The molecule has 0 amide bonds. The fraction of sp³-hybridized carbons (Fsp3) is 0.304. The van der Waals surface area contributed by atoms with Gasteiger partial charge in [0.15, 0.2) is 11.5 Å². The summed E-state index contributed by atoms with van der Waals surface area (Å²) < 4.78 is 16.3. The Kier molecular flexibility index (Phi) is 6.74. The maximum absolute atomic E-state index is 12.9. The van der Waals surface area contributed by atoms with Crippen molar-refractivity contribution >= 4 is 28.7 Å². The molecule has 0 atom stereocenters. The first-order valence-corrected chi connectivity index (χ1v) is 11.3. The van der Waals surface area contributed by atoms with Gasteiger partial charge in [-0.3, -0.25) is 10.1 Å². The van der Waals surface area contributed by atoms with E-state index in [1.165, 1.54) is 23.5 Å². The number of benzene rings is 2. The third-order valence-electron chi connectivity index (χ3n) is 5.39. The van der Waals surface area contributed by atoms with Crippen LogP contribution in [-0.4, -0.2) is 43.2 Å². The lowest BCUT2D eigenvalue weighted by molar-refractivity contribution is -0.384. The number of nitro groups is 1. The van der Waals surface area contributed by atoms with E-state index >= 15 is 0 Å². The minimum absolute atomic E-state index is 0.0518. The van der Waals surface area contributed by atoms with Gasteiger partial charge >= 0.3 is 5.97 Å². The van der Waals surface area contributed by atoms with Gasteiger partial charge in [0.05, 0.1) is 41.7 Å². The second kappa shape index (κ2) is 9.86. The van der Waals surface area contributed by atoms with Crippen molar-refractivity contribution in [1.29, 1.82) is 0 Å². The maximum atomic E-state index is 12.9. The quantitative estimate of drug-likeness (QED) is 0.266. The van der Waals surface area contributed by atoms with E-state index in [0.29, 0.717) is 27.9 Å². The molecule has 10 heteroatoms. The van der Waals surface area contributed by atoms with Crippen LogP contribution in [0, 0.1) is 10.1 Å². The average Bonchev–Trinajstić information content (AvgIpc) is 3.54. The predicted octanol–water partition coefficient (Wildman–Crippen LogP) is 4.69. The summed E-state index contributed by atoms with van der Waals surface area (Å²) in [5, 5.41) is 13.7. The number of anilines is 1. The Balaban J connectivity index is 1.53. The van der Waals surface area contributed by atoms with Crippen LogP contribution in [0.5, 0.6) is 11.5 Å². The fourth-order valence-electron chi connectivity index (χ4n) is 3.80. The van der Waals surface area contributed by atoms with E-state index in [4.69, 9.17) is 14.2 Å². The molecule has 0 unspecified atom stereocenters. The van der Waals surface area contributed by atoms with Gasteiger partial charge < -0.3 is 19.1 Å². The lowest BCUT2D eigenvalue weighted by atomic mass is 10.1. The predicted molar refractivity (Wildman–Crippen MR) is 124 cm³/mol. The van der Waals surface area contributed by atoms with Gasteiger partial charge in [0.2, 0.25) is 0 Å². The van der Waals surface area contributed by atoms with Crippen LogP contribution in [0.3, 0.4) is 0 Å². The molecule has 0 N–H and O–H groups in total. The van der Waals surface area contributed by atoms with Crippen molar-refractivity contribution in [1.82, 2.24) is 4.98 Å². The number of hydrogen-bond acceptors (Lipinski definition) is 9. The first kappa shape index (κ1) is 22.5. The van der Waals surface area contributed by atoms with Crippen LogP contribution in [0.25, 0.3) is 10.6 Å². The number of esters is 1. The van der Waals surface area contributed by atoms with Crippen LogP contribution in [0.2, 0.25) is 0 Å². The van der Waals surface area contributed by atoms with Gasteiger partial charge in [0.25, 0.3) is 5.69 Å². The molecule has 33 heavy (non-hydrogen) atoms. The highest BCUT2D eigenvalue weighted by atomic mass is 32.1. The van der Waals surface area contributed by atoms with Crippen LogP contribution < -0.4 is 14.4 Å². The molecule has 4 rings (SSSR count). The standard InChI is InChI=1S/C23H23N3O6S/c1-30-20-7-5-6-17(21(20)31-2)22-24-15(14-33-22)13-32-23(27)18-12-16(26(28)29)8-9-19(18)25-10-3-4-11-25/h5-9,12,14H,3-4,10-11,13H2,1-2H3. The van der Waals surface area contributed by atoms with Gasteiger partial charge in [-0.1, -0.05) is 6.07 Å². The van der Waals surface area contributed by atoms with Crippen molar-refractivity contribution in [3.8, 4) is 22.1 Å². The number of carbonyl (C=O) groups excluding carboxylic acids is 1. The molecule has 3 aromatic rings. The van der Waals surface area contributed by atoms with E-state index < -0.39 is 10.9 Å². The Morgan fingerprint density at radius 2 is 1.97 bits per heavy atom. The Hall–Kier alpha value is -3.66. The van der Waals surface area contributed by atoms with Gasteiger partial charge in [-0.2, -0.15) is 0 Å². The summed E-state index contributed by atoms with van der Waals surface area (Å²) in [6, 6.07) is 9.84. The molecule has 2 aromatic carbocycles. The van der Waals surface area contributed by atoms with Crippen LogP contribution in [-0.2, 0) is 11.3 Å². The second-order valence-corrected chi connectivity index (χ2v) is 8.27. The third-order valence-corrected chi connectivity index (χ3v) is 6.32. The minimum Gasteiger partial charge on any atom is -0.493 e. The number of thiazole rings is 1. The molecule has 0 aliphatic carbocycles. The first-order chi connectivity index (χ1) is 16.0. The number of nitro benzene ring substituents is 1. The van der Waals surface area contributed by atoms with Crippen LogP contribution in [0.15, 0.2) is 41.8 Å². The molecule has 2 heterocycles. The average molecular weight is 470 g/mol. The number of hydrogen-bond donors (Lipinski definition) is 0. The number of ether oxygens (including phenoxy) is 3. The third kappa shape index (κ3) is 4.75. The molecular formula is C23H23N3O6S. The lowest BCUT2D eigenvalue weighted by Gasteiger charge is -2.20. The van der Waals surface area contributed by atoms with Gasteiger partial charge in [-0.15, -0.1) is 11.3 Å². The number of para-hydroxylation sites is 1. The number of methoxy groups -OCH3 is 2. The molecule has 0 radical (unpaired) electrons. The molecule has 1 aromatic heterocycles. The first-order valence-electron chi connectivity index (χ1n) is 10.4. The molecule has 0 bridgehead atoms. The number of rotatable bonds is 8. The zero-order valence-corrected chi connectivity index (χ0v) is 19.1. The van der Waals surface area contributed by atoms with Gasteiger partial charge in [0.1, 0.15) is 11.6 Å². The summed E-state index contributed by atoms with van der Waals surface area (Å²) in [5.74, 6) is 0.553. The zero-order valence-electron chi connectivity index (χ0n) is 18.3. The summed E-state index contributed by atoms with van der Waals surface area (Å²) in [6.45, 7) is 1.55. The number of nitrogens with zero attached hydrogens (tertiary/aromatic N) is 3. The summed E-state index contributed by atoms with van der Waals surface area (Å²) >= 11 is 1.39. The smallest absolute Gasteiger partial charge is 0.340 e. The number of carbonyl (C=O) groups is 1. The van der Waals surface area contributed by atoms with Gasteiger partial charge in [-0.05, 0) is 31.0 Å². The van der Waals surface area contributed by atoms with Crippen LogP contribution >= 0.6 is 11.3 Å². The SMILES string of the molecule is COc1cccc(-c2nc(COC(=O)c3cc([N+](=O)[O-])ccc3N3CCCC3)cs2)c1OC. The molecule has 1 fully saturated rings. The van der Waals surface area contributed by atoms with Crippen molar-refractivity contribution in [2.45, 2.75) is 19.4 Å². The number of aromatic nitrogens is 1. The molecule has 9 nitrogen and oxygen atoms in total. The lowest BCUT2D eigenvalue weighted by Crippen LogP contribution is -2.21. The fourth-order valence-corrected chi connectivity index (χ4v) is 4.63. The Morgan fingerprint density at radius 3 is 2.67 bits per heavy atom. The highest BCUT2D eigenvalue weighted by molar-refractivity contribution is 7.13. The van der Waals surface area contributed by atoms with Crippen molar-refractivity contribution < 1.29 is 23.9 Å². The molecule has 0 saturated carbocycles. The van der Waals surface area contributed by atoms with Crippen molar-refractivity contribution in [3.05, 3.63) is 63.1 Å². The van der Waals surface area contributed by atoms with Crippen molar-refractivity contribution in [3.63, 3.8) is 0 Å². The van der Waals surface area contributed by atoms with E-state index in [9.17, 15) is 14.9 Å². The molecule has 1 aliphatic heterocycles. The monoisotopic (exact) mass is 469 g/mol. The molecule has 1 aliphatic rings. The summed E-state index contributed by atoms with van der Waals surface area (Å²) in [6.07, 6.45) is 2.03. The largest absolute Gasteiger partial charge is 0.493 e. The van der Waals surface area contributed by atoms with E-state index in [0.717, 1.165) is 31.5 Å². The highest BCUT2D eigenvalue weighted by Crippen LogP contribution is 2.39. The molecule has 1 saturated heterocycles. The van der Waals surface area contributed by atoms with Gasteiger partial charge in [-0.25, -0.2) is 9.78 Å². The molecule has 172 valence electrons. The normalized spacial score (nSPS) is 13.1. The van der Waals surface area contributed by atoms with E-state index in [-0.39, 0.29) is 17.9 Å². The van der Waals surface area contributed by atoms with E-state index in [2.05, 4.69) is 9.88 Å². The second-order valence-electron chi connectivity index (χ2n) is 7.41.